The molecule has 1 heterocycles. The molecule has 0 fully saturated rings. The number of benzene rings is 2. The highest BCUT2D eigenvalue weighted by atomic mass is 16.5. The maximum absolute atomic E-state index is 10.7. The lowest BCUT2D eigenvalue weighted by atomic mass is 10.0. The van der Waals surface area contributed by atoms with E-state index in [2.05, 4.69) is 4.98 Å². The average molecular weight is 312 g/mol. The second-order valence-corrected chi connectivity index (χ2v) is 5.51. The molecule has 0 aliphatic carbocycles. The highest BCUT2D eigenvalue weighted by Gasteiger charge is 2.15. The fourth-order valence-electron chi connectivity index (χ4n) is 2.69. The van der Waals surface area contributed by atoms with Crippen LogP contribution >= 0.6 is 0 Å². The summed E-state index contributed by atoms with van der Waals surface area (Å²) in [7, 11) is 5.16. The van der Waals surface area contributed by atoms with Crippen LogP contribution in [0.15, 0.2) is 36.4 Å². The van der Waals surface area contributed by atoms with Crippen molar-refractivity contribution in [3.8, 4) is 11.5 Å². The Morgan fingerprint density at radius 1 is 1.00 bits per heavy atom. The van der Waals surface area contributed by atoms with Crippen LogP contribution in [0.4, 0.5) is 0 Å². The summed E-state index contributed by atoms with van der Waals surface area (Å²) in [6, 6.07) is 11.2. The first-order valence-electron chi connectivity index (χ1n) is 7.37. The van der Waals surface area contributed by atoms with Crippen molar-refractivity contribution >= 4 is 11.0 Å². The second kappa shape index (κ2) is 5.93. The van der Waals surface area contributed by atoms with Crippen LogP contribution in [-0.4, -0.2) is 28.9 Å². The van der Waals surface area contributed by atoms with Crippen molar-refractivity contribution < 1.29 is 14.6 Å². The molecule has 0 amide bonds. The number of aromatic nitrogens is 2. The van der Waals surface area contributed by atoms with Crippen LogP contribution in [0.3, 0.4) is 0 Å². The normalized spacial score (nSPS) is 12.4. The van der Waals surface area contributed by atoms with Gasteiger partial charge in [-0.25, -0.2) is 4.98 Å². The number of nitrogens with zero attached hydrogens (tertiary/aromatic N) is 2. The molecule has 3 rings (SSSR count). The lowest BCUT2D eigenvalue weighted by Gasteiger charge is -2.14. The van der Waals surface area contributed by atoms with Gasteiger partial charge in [-0.3, -0.25) is 0 Å². The molecule has 1 N–H and O–H groups in total. The van der Waals surface area contributed by atoms with Gasteiger partial charge in [0.15, 0.2) is 0 Å². The van der Waals surface area contributed by atoms with Crippen molar-refractivity contribution in [3.05, 3.63) is 53.3 Å². The number of hydrogen-bond donors (Lipinski definition) is 1. The Morgan fingerprint density at radius 3 is 2.26 bits per heavy atom. The fourth-order valence-corrected chi connectivity index (χ4v) is 2.69. The first-order valence-corrected chi connectivity index (χ1v) is 7.37. The smallest absolute Gasteiger partial charge is 0.122 e. The minimum atomic E-state index is -0.772. The van der Waals surface area contributed by atoms with Crippen LogP contribution in [0, 0.1) is 6.92 Å². The Bertz CT molecular complexity index is 833. The van der Waals surface area contributed by atoms with Crippen molar-refractivity contribution in [2.24, 2.45) is 7.05 Å². The van der Waals surface area contributed by atoms with Crippen LogP contribution in [0.1, 0.15) is 23.1 Å². The molecule has 2 aromatic carbocycles. The summed E-state index contributed by atoms with van der Waals surface area (Å²) in [5.74, 6) is 2.23. The van der Waals surface area contributed by atoms with Gasteiger partial charge in [-0.05, 0) is 42.3 Å². The molecule has 5 heteroatoms. The standard InChI is InChI=1S/C18H20N2O3/c1-11-19-16-9-12(5-6-17(16)20(11)2)18(21)13-7-14(22-3)10-15(8-13)23-4/h5-10,18,21H,1-4H3/t18-/m1/s1. The lowest BCUT2D eigenvalue weighted by Crippen LogP contribution is -2.01. The Morgan fingerprint density at radius 2 is 1.65 bits per heavy atom. The maximum atomic E-state index is 10.7. The number of methoxy groups -OCH3 is 2. The summed E-state index contributed by atoms with van der Waals surface area (Å²) in [5.41, 5.74) is 3.41. The van der Waals surface area contributed by atoms with E-state index in [4.69, 9.17) is 9.47 Å². The summed E-state index contributed by atoms with van der Waals surface area (Å²) >= 11 is 0. The molecule has 3 aromatic rings. The topological polar surface area (TPSA) is 56.5 Å². The molecule has 120 valence electrons. The van der Waals surface area contributed by atoms with E-state index in [9.17, 15) is 5.11 Å². The van der Waals surface area contributed by atoms with Gasteiger partial charge in [0.1, 0.15) is 23.4 Å². The van der Waals surface area contributed by atoms with Gasteiger partial charge in [-0.2, -0.15) is 0 Å². The quantitative estimate of drug-likeness (QED) is 0.804. The number of rotatable bonds is 4. The molecule has 1 atom stereocenters. The largest absolute Gasteiger partial charge is 0.497 e. The summed E-state index contributed by atoms with van der Waals surface area (Å²) in [4.78, 5) is 4.52. The van der Waals surface area contributed by atoms with Gasteiger partial charge in [0.05, 0.1) is 25.3 Å². The molecule has 23 heavy (non-hydrogen) atoms. The van der Waals surface area contributed by atoms with Gasteiger partial charge < -0.3 is 19.1 Å². The molecule has 5 nitrogen and oxygen atoms in total. The van der Waals surface area contributed by atoms with Crippen LogP contribution in [-0.2, 0) is 7.05 Å². The third-order valence-electron chi connectivity index (χ3n) is 4.13. The van der Waals surface area contributed by atoms with Gasteiger partial charge in [-0.1, -0.05) is 6.07 Å². The van der Waals surface area contributed by atoms with Crippen LogP contribution < -0.4 is 9.47 Å². The maximum Gasteiger partial charge on any atom is 0.122 e. The van der Waals surface area contributed by atoms with E-state index < -0.39 is 6.10 Å². The zero-order valence-corrected chi connectivity index (χ0v) is 13.7. The van der Waals surface area contributed by atoms with Gasteiger partial charge in [0.2, 0.25) is 0 Å². The fraction of sp³-hybridized carbons (Fsp3) is 0.278. The SMILES string of the molecule is COc1cc(OC)cc([C@H](O)c2ccc3c(c2)nc(C)n3C)c1. The van der Waals surface area contributed by atoms with Crippen molar-refractivity contribution in [3.63, 3.8) is 0 Å². The van der Waals surface area contributed by atoms with Gasteiger partial charge in [-0.15, -0.1) is 0 Å². The van der Waals surface area contributed by atoms with Crippen molar-refractivity contribution in [2.45, 2.75) is 13.0 Å². The minimum Gasteiger partial charge on any atom is -0.497 e. The third-order valence-corrected chi connectivity index (χ3v) is 4.13. The first-order chi connectivity index (χ1) is 11.0. The Labute approximate surface area is 135 Å². The van der Waals surface area contributed by atoms with Gasteiger partial charge in [0.25, 0.3) is 0 Å². The van der Waals surface area contributed by atoms with E-state index in [1.807, 2.05) is 36.7 Å². The van der Waals surface area contributed by atoms with Crippen LogP contribution in [0.25, 0.3) is 11.0 Å². The van der Waals surface area contributed by atoms with E-state index >= 15 is 0 Å². The van der Waals surface area contributed by atoms with Crippen molar-refractivity contribution in [2.75, 3.05) is 14.2 Å². The monoisotopic (exact) mass is 312 g/mol. The summed E-state index contributed by atoms with van der Waals surface area (Å²) in [6.07, 6.45) is -0.772. The summed E-state index contributed by atoms with van der Waals surface area (Å²) in [5, 5.41) is 10.7. The van der Waals surface area contributed by atoms with E-state index in [0.29, 0.717) is 17.1 Å². The molecule has 0 saturated carbocycles. The number of fused-ring (bicyclic) bond motifs is 1. The number of aliphatic hydroxyl groups is 1. The molecule has 0 unspecified atom stereocenters. The molecular weight excluding hydrogens is 292 g/mol. The van der Waals surface area contributed by atoms with E-state index in [1.165, 1.54) is 0 Å². The van der Waals surface area contributed by atoms with Gasteiger partial charge >= 0.3 is 0 Å². The predicted molar refractivity (Wildman–Crippen MR) is 89.1 cm³/mol. The lowest BCUT2D eigenvalue weighted by molar-refractivity contribution is 0.219. The Kier molecular flexibility index (Phi) is 3.96. The summed E-state index contributed by atoms with van der Waals surface area (Å²) in [6.45, 7) is 1.96. The minimum absolute atomic E-state index is 0.646. The number of aryl methyl sites for hydroxylation is 2. The second-order valence-electron chi connectivity index (χ2n) is 5.51. The van der Waals surface area contributed by atoms with E-state index in [0.717, 1.165) is 22.4 Å². The molecule has 0 aliphatic heterocycles. The number of aliphatic hydroxyl groups excluding tert-OH is 1. The molecule has 0 bridgehead atoms. The Balaban J connectivity index is 2.04. The predicted octanol–water partition coefficient (Wildman–Crippen LogP) is 2.98. The molecular formula is C18H20N2O3. The number of hydrogen-bond acceptors (Lipinski definition) is 4. The molecule has 1 aromatic heterocycles. The van der Waals surface area contributed by atoms with Crippen molar-refractivity contribution in [1.29, 1.82) is 0 Å². The third kappa shape index (κ3) is 2.75. The van der Waals surface area contributed by atoms with E-state index in [-0.39, 0.29) is 0 Å². The highest BCUT2D eigenvalue weighted by Crippen LogP contribution is 2.31. The van der Waals surface area contributed by atoms with Crippen LogP contribution in [0.5, 0.6) is 11.5 Å². The summed E-state index contributed by atoms with van der Waals surface area (Å²) < 4.78 is 12.6. The van der Waals surface area contributed by atoms with E-state index in [1.54, 1.807) is 32.4 Å². The number of ether oxygens (including phenoxy) is 2. The molecule has 0 radical (unpaired) electrons. The molecule has 0 spiro atoms. The van der Waals surface area contributed by atoms with Crippen molar-refractivity contribution in [1.82, 2.24) is 9.55 Å². The van der Waals surface area contributed by atoms with Crippen LogP contribution in [0.2, 0.25) is 0 Å². The first kappa shape index (κ1) is 15.4. The number of imidazole rings is 1. The average Bonchev–Trinajstić information content (AvgIpc) is 2.87. The molecule has 0 aliphatic rings. The van der Waals surface area contributed by atoms with Gasteiger partial charge in [0, 0.05) is 13.1 Å². The Hall–Kier alpha value is -2.53. The zero-order valence-electron chi connectivity index (χ0n) is 13.7. The highest BCUT2D eigenvalue weighted by molar-refractivity contribution is 5.77. The zero-order chi connectivity index (χ0) is 16.6. The molecule has 0 saturated heterocycles.